The minimum absolute atomic E-state index is 0.0208. The second-order valence-electron chi connectivity index (χ2n) is 7.77. The number of carbonyl (C=O) groups excluding carboxylic acids is 1. The van der Waals surface area contributed by atoms with Gasteiger partial charge in [-0.15, -0.1) is 0 Å². The van der Waals surface area contributed by atoms with Gasteiger partial charge in [0.05, 0.1) is 11.7 Å². The number of anilines is 1. The topological polar surface area (TPSA) is 66.5 Å². The maximum absolute atomic E-state index is 12.8. The molecular weight excluding hydrogens is 372 g/mol. The highest BCUT2D eigenvalue weighted by Crippen LogP contribution is 2.26. The van der Waals surface area contributed by atoms with Crippen molar-refractivity contribution in [1.29, 1.82) is 0 Å². The highest BCUT2D eigenvalue weighted by Gasteiger charge is 2.32. The molecule has 2 aromatic rings. The van der Waals surface area contributed by atoms with Crippen molar-refractivity contribution in [3.63, 3.8) is 0 Å². The van der Waals surface area contributed by atoms with Crippen LogP contribution < -0.4 is 5.32 Å². The van der Waals surface area contributed by atoms with Gasteiger partial charge >= 0.3 is 0 Å². The number of piperidine rings is 1. The van der Waals surface area contributed by atoms with Gasteiger partial charge in [-0.2, -0.15) is 0 Å². The van der Waals surface area contributed by atoms with Crippen molar-refractivity contribution >= 4 is 21.6 Å². The second kappa shape index (κ2) is 8.05. The van der Waals surface area contributed by atoms with Gasteiger partial charge in [0.25, 0.3) is 0 Å². The monoisotopic (exact) mass is 398 g/mol. The Bertz CT molecular complexity index is 957. The van der Waals surface area contributed by atoms with Crippen LogP contribution in [0.3, 0.4) is 0 Å². The van der Waals surface area contributed by atoms with Crippen LogP contribution in [0.1, 0.15) is 36.0 Å². The molecule has 0 spiro atoms. The summed E-state index contributed by atoms with van der Waals surface area (Å²) in [7, 11) is -3.43. The summed E-state index contributed by atoms with van der Waals surface area (Å²) in [5.74, 6) is -0.419. The van der Waals surface area contributed by atoms with Crippen molar-refractivity contribution in [3.8, 4) is 0 Å². The number of amides is 1. The van der Waals surface area contributed by atoms with E-state index in [1.165, 1.54) is 21.9 Å². The van der Waals surface area contributed by atoms with Crippen molar-refractivity contribution in [2.45, 2.75) is 37.9 Å². The number of benzene rings is 2. The third-order valence-electron chi connectivity index (χ3n) is 5.71. The van der Waals surface area contributed by atoms with Gasteiger partial charge in [-0.3, -0.25) is 4.79 Å². The van der Waals surface area contributed by atoms with E-state index < -0.39 is 10.0 Å². The molecule has 4 rings (SSSR count). The minimum atomic E-state index is -3.43. The molecule has 1 amide bonds. The van der Waals surface area contributed by atoms with Crippen molar-refractivity contribution in [2.24, 2.45) is 5.92 Å². The molecule has 1 aliphatic heterocycles. The van der Waals surface area contributed by atoms with Crippen LogP contribution in [0.15, 0.2) is 48.5 Å². The molecule has 0 saturated carbocycles. The normalized spacial score (nSPS) is 19.9. The Hall–Kier alpha value is -2.18. The van der Waals surface area contributed by atoms with Gasteiger partial charge in [0, 0.05) is 18.8 Å². The molecule has 0 aromatic heterocycles. The average molecular weight is 399 g/mol. The van der Waals surface area contributed by atoms with E-state index >= 15 is 0 Å². The number of hydrogen-bond acceptors (Lipinski definition) is 3. The van der Waals surface area contributed by atoms with Gasteiger partial charge in [-0.25, -0.2) is 12.7 Å². The lowest BCUT2D eigenvalue weighted by Crippen LogP contribution is -2.44. The Labute approximate surface area is 166 Å². The van der Waals surface area contributed by atoms with Crippen LogP contribution in [0.5, 0.6) is 0 Å². The van der Waals surface area contributed by atoms with Crippen molar-refractivity contribution in [3.05, 3.63) is 65.2 Å². The van der Waals surface area contributed by atoms with Crippen LogP contribution in [-0.2, 0) is 33.4 Å². The Morgan fingerprint density at radius 3 is 2.64 bits per heavy atom. The quantitative estimate of drug-likeness (QED) is 0.840. The first-order chi connectivity index (χ1) is 13.5. The summed E-state index contributed by atoms with van der Waals surface area (Å²) in [5.41, 5.74) is 4.27. The van der Waals surface area contributed by atoms with Crippen LogP contribution in [0, 0.1) is 5.92 Å². The van der Waals surface area contributed by atoms with E-state index in [9.17, 15) is 13.2 Å². The summed E-state index contributed by atoms with van der Waals surface area (Å²) in [5, 5.41) is 3.00. The highest BCUT2D eigenvalue weighted by molar-refractivity contribution is 7.88. The van der Waals surface area contributed by atoms with Gasteiger partial charge in [0.15, 0.2) is 0 Å². The maximum atomic E-state index is 12.8. The van der Waals surface area contributed by atoms with Crippen molar-refractivity contribution in [2.75, 3.05) is 18.4 Å². The fraction of sp³-hybridized carbons (Fsp3) is 0.409. The third-order valence-corrected chi connectivity index (χ3v) is 7.52. The predicted molar refractivity (Wildman–Crippen MR) is 110 cm³/mol. The van der Waals surface area contributed by atoms with Crippen molar-refractivity contribution in [1.82, 2.24) is 4.31 Å². The van der Waals surface area contributed by atoms with E-state index in [1.54, 1.807) is 0 Å². The van der Waals surface area contributed by atoms with Gasteiger partial charge in [-0.1, -0.05) is 36.4 Å². The minimum Gasteiger partial charge on any atom is -0.326 e. The number of sulfonamides is 1. The SMILES string of the molecule is O=C(Nc1ccc2c(c1)CCC2)C1CCCN(S(=O)(=O)Cc2ccccc2)C1. The molecule has 1 aliphatic carbocycles. The molecule has 6 heteroatoms. The number of aryl methyl sites for hydroxylation is 2. The lowest BCUT2D eigenvalue weighted by atomic mass is 9.98. The zero-order chi connectivity index (χ0) is 19.6. The molecule has 1 heterocycles. The Morgan fingerprint density at radius 1 is 1.04 bits per heavy atom. The molecule has 148 valence electrons. The third kappa shape index (κ3) is 4.28. The lowest BCUT2D eigenvalue weighted by Gasteiger charge is -2.31. The van der Waals surface area contributed by atoms with Gasteiger partial charge in [-0.05, 0) is 60.9 Å². The van der Waals surface area contributed by atoms with Crippen LogP contribution in [0.2, 0.25) is 0 Å². The number of fused-ring (bicyclic) bond motifs is 1. The summed E-state index contributed by atoms with van der Waals surface area (Å²) < 4.78 is 27.1. The smallest absolute Gasteiger partial charge is 0.228 e. The number of rotatable bonds is 5. The lowest BCUT2D eigenvalue weighted by molar-refractivity contribution is -0.120. The predicted octanol–water partition coefficient (Wildman–Crippen LogP) is 3.36. The average Bonchev–Trinajstić information content (AvgIpc) is 3.16. The molecule has 1 saturated heterocycles. The molecule has 5 nitrogen and oxygen atoms in total. The number of nitrogens with one attached hydrogen (secondary N) is 1. The van der Waals surface area contributed by atoms with Gasteiger partial charge in [0.1, 0.15) is 0 Å². The van der Waals surface area contributed by atoms with E-state index in [0.29, 0.717) is 19.4 Å². The fourth-order valence-electron chi connectivity index (χ4n) is 4.18. The first kappa shape index (κ1) is 19.2. The van der Waals surface area contributed by atoms with Crippen LogP contribution in [0.4, 0.5) is 5.69 Å². The zero-order valence-corrected chi connectivity index (χ0v) is 16.7. The maximum Gasteiger partial charge on any atom is 0.228 e. The molecule has 28 heavy (non-hydrogen) atoms. The van der Waals surface area contributed by atoms with E-state index in [2.05, 4.69) is 17.4 Å². The standard InChI is InChI=1S/C22H26N2O3S/c25-22(23-21-12-11-18-8-4-9-19(18)14-21)20-10-5-13-24(15-20)28(26,27)16-17-6-2-1-3-7-17/h1-3,6-7,11-12,14,20H,4-5,8-10,13,15-16H2,(H,23,25). The summed E-state index contributed by atoms with van der Waals surface area (Å²) in [4.78, 5) is 12.8. The molecule has 1 atom stereocenters. The summed E-state index contributed by atoms with van der Waals surface area (Å²) in [6.45, 7) is 0.740. The Morgan fingerprint density at radius 2 is 1.82 bits per heavy atom. The zero-order valence-electron chi connectivity index (χ0n) is 15.9. The molecule has 1 unspecified atom stereocenters. The highest BCUT2D eigenvalue weighted by atomic mass is 32.2. The number of nitrogens with zero attached hydrogens (tertiary/aromatic N) is 1. The Balaban J connectivity index is 1.41. The summed E-state index contributed by atoms with van der Waals surface area (Å²) in [6.07, 6.45) is 4.77. The summed E-state index contributed by atoms with van der Waals surface area (Å²) >= 11 is 0. The molecule has 0 radical (unpaired) electrons. The molecule has 1 N–H and O–H groups in total. The first-order valence-corrected chi connectivity index (χ1v) is 11.6. The van der Waals surface area contributed by atoms with Crippen LogP contribution in [-0.4, -0.2) is 31.7 Å². The van der Waals surface area contributed by atoms with E-state index in [1.807, 2.05) is 36.4 Å². The number of carbonyl (C=O) groups is 1. The number of hydrogen-bond donors (Lipinski definition) is 1. The molecule has 1 fully saturated rings. The molecule has 2 aliphatic rings. The second-order valence-corrected chi connectivity index (χ2v) is 9.73. The van der Waals surface area contributed by atoms with E-state index in [-0.39, 0.29) is 24.1 Å². The van der Waals surface area contributed by atoms with Crippen LogP contribution in [0.25, 0.3) is 0 Å². The van der Waals surface area contributed by atoms with E-state index in [0.717, 1.165) is 24.1 Å². The molecular formula is C22H26N2O3S. The van der Waals surface area contributed by atoms with Gasteiger partial charge < -0.3 is 5.32 Å². The fourth-order valence-corrected chi connectivity index (χ4v) is 5.79. The molecule has 2 aromatic carbocycles. The van der Waals surface area contributed by atoms with E-state index in [4.69, 9.17) is 0 Å². The van der Waals surface area contributed by atoms with Gasteiger partial charge in [0.2, 0.25) is 15.9 Å². The molecule has 0 bridgehead atoms. The largest absolute Gasteiger partial charge is 0.326 e. The van der Waals surface area contributed by atoms with Crippen LogP contribution >= 0.6 is 0 Å². The first-order valence-electron chi connectivity index (χ1n) is 9.96. The summed E-state index contributed by atoms with van der Waals surface area (Å²) in [6, 6.07) is 15.3. The Kier molecular flexibility index (Phi) is 5.51. The van der Waals surface area contributed by atoms with Crippen molar-refractivity contribution < 1.29 is 13.2 Å².